The van der Waals surface area contributed by atoms with Crippen molar-refractivity contribution in [2.24, 2.45) is 0 Å². The number of methoxy groups -OCH3 is 1. The zero-order valence-corrected chi connectivity index (χ0v) is 11.4. The van der Waals surface area contributed by atoms with Crippen molar-refractivity contribution in [1.29, 1.82) is 0 Å². The molecule has 0 bridgehead atoms. The summed E-state index contributed by atoms with van der Waals surface area (Å²) in [7, 11) is 1.58. The molecule has 2 rings (SSSR count). The number of halogens is 1. The molecule has 1 heterocycles. The summed E-state index contributed by atoms with van der Waals surface area (Å²) in [5.74, 6) is 0.907. The third-order valence-electron chi connectivity index (χ3n) is 2.63. The Labute approximate surface area is 120 Å². The zero-order valence-electron chi connectivity index (χ0n) is 10.7. The summed E-state index contributed by atoms with van der Waals surface area (Å²) in [4.78, 5) is 14.4. The number of nitrogens with zero attached hydrogens (tertiary/aromatic N) is 2. The lowest BCUT2D eigenvalue weighted by atomic mass is 10.2. The molecule has 0 fully saturated rings. The topological polar surface area (TPSA) is 77.3 Å². The third-order valence-corrected chi connectivity index (χ3v) is 2.83. The molecule has 1 aromatic carbocycles. The summed E-state index contributed by atoms with van der Waals surface area (Å²) in [6.45, 7) is 0.396. The Bertz CT molecular complexity index is 634. The second kappa shape index (κ2) is 6.21. The minimum Gasteiger partial charge on any atom is -0.497 e. The van der Waals surface area contributed by atoms with Crippen LogP contribution in [-0.2, 0) is 6.54 Å². The van der Waals surface area contributed by atoms with Crippen LogP contribution in [0.4, 0.5) is 11.5 Å². The van der Waals surface area contributed by atoms with Gasteiger partial charge in [0.2, 0.25) is 5.82 Å². The average Bonchev–Trinajstić information content (AvgIpc) is 2.46. The second-order valence-electron chi connectivity index (χ2n) is 3.98. The van der Waals surface area contributed by atoms with Crippen LogP contribution in [0.1, 0.15) is 5.56 Å². The van der Waals surface area contributed by atoms with Crippen LogP contribution in [0.2, 0.25) is 5.02 Å². The minimum absolute atomic E-state index is 0.152. The number of hydrogen-bond donors (Lipinski definition) is 1. The molecule has 0 amide bonds. The van der Waals surface area contributed by atoms with Gasteiger partial charge in [-0.05, 0) is 17.7 Å². The summed E-state index contributed by atoms with van der Waals surface area (Å²) in [6, 6.07) is 8.67. The lowest BCUT2D eigenvalue weighted by Gasteiger charge is -2.07. The van der Waals surface area contributed by atoms with Gasteiger partial charge in [0.1, 0.15) is 5.75 Å². The predicted octanol–water partition coefficient (Wildman–Crippen LogP) is 3.26. The molecule has 0 saturated heterocycles. The molecule has 7 heteroatoms. The molecule has 104 valence electrons. The fraction of sp³-hybridized carbons (Fsp3) is 0.154. The van der Waals surface area contributed by atoms with Crippen molar-refractivity contribution in [3.63, 3.8) is 0 Å². The van der Waals surface area contributed by atoms with E-state index in [0.29, 0.717) is 6.54 Å². The summed E-state index contributed by atoms with van der Waals surface area (Å²) < 4.78 is 5.12. The van der Waals surface area contributed by atoms with Crippen molar-refractivity contribution in [3.05, 3.63) is 57.2 Å². The van der Waals surface area contributed by atoms with Crippen molar-refractivity contribution >= 4 is 23.1 Å². The molecule has 0 aliphatic heterocycles. The van der Waals surface area contributed by atoms with Gasteiger partial charge < -0.3 is 10.1 Å². The zero-order chi connectivity index (χ0) is 14.5. The van der Waals surface area contributed by atoms with Gasteiger partial charge in [0.15, 0.2) is 0 Å². The fourth-order valence-electron chi connectivity index (χ4n) is 1.67. The third kappa shape index (κ3) is 3.36. The minimum atomic E-state index is -0.521. The summed E-state index contributed by atoms with van der Waals surface area (Å²) in [6.07, 6.45) is 1.36. The first-order valence-electron chi connectivity index (χ1n) is 5.77. The van der Waals surface area contributed by atoms with E-state index in [1.165, 1.54) is 12.3 Å². The Morgan fingerprint density at radius 1 is 1.45 bits per heavy atom. The van der Waals surface area contributed by atoms with E-state index in [1.54, 1.807) is 7.11 Å². The molecule has 20 heavy (non-hydrogen) atoms. The molecule has 0 aliphatic carbocycles. The predicted molar refractivity (Wildman–Crippen MR) is 76.2 cm³/mol. The van der Waals surface area contributed by atoms with E-state index < -0.39 is 4.92 Å². The Hall–Kier alpha value is -2.34. The van der Waals surface area contributed by atoms with Gasteiger partial charge in [0, 0.05) is 18.8 Å². The molecule has 6 nitrogen and oxygen atoms in total. The van der Waals surface area contributed by atoms with Crippen LogP contribution in [0.25, 0.3) is 0 Å². The van der Waals surface area contributed by atoms with E-state index in [-0.39, 0.29) is 16.5 Å². The number of nitro groups is 1. The van der Waals surface area contributed by atoms with E-state index in [4.69, 9.17) is 16.3 Å². The maximum atomic E-state index is 10.9. The van der Waals surface area contributed by atoms with Gasteiger partial charge in [-0.2, -0.15) is 0 Å². The van der Waals surface area contributed by atoms with Crippen molar-refractivity contribution in [2.45, 2.75) is 6.54 Å². The Morgan fingerprint density at radius 2 is 2.25 bits per heavy atom. The van der Waals surface area contributed by atoms with Gasteiger partial charge in [0.05, 0.1) is 17.1 Å². The van der Waals surface area contributed by atoms with Gasteiger partial charge in [-0.3, -0.25) is 10.1 Å². The highest BCUT2D eigenvalue weighted by Crippen LogP contribution is 2.25. The maximum Gasteiger partial charge on any atom is 0.312 e. The number of ether oxygens (including phenoxy) is 1. The van der Waals surface area contributed by atoms with Crippen LogP contribution in [0.3, 0.4) is 0 Å². The number of aromatic nitrogens is 1. The molecule has 1 N–H and O–H groups in total. The second-order valence-corrected chi connectivity index (χ2v) is 4.42. The van der Waals surface area contributed by atoms with Gasteiger partial charge >= 0.3 is 5.69 Å². The molecular formula is C13H12ClN3O3. The summed E-state index contributed by atoms with van der Waals surface area (Å²) in [5, 5.41) is 14.1. The van der Waals surface area contributed by atoms with Crippen molar-refractivity contribution in [2.75, 3.05) is 12.4 Å². The number of nitrogens with one attached hydrogen (secondary N) is 1. The molecule has 0 aliphatic rings. The van der Waals surface area contributed by atoms with Crippen molar-refractivity contribution < 1.29 is 9.66 Å². The van der Waals surface area contributed by atoms with Crippen molar-refractivity contribution in [1.82, 2.24) is 4.98 Å². The lowest BCUT2D eigenvalue weighted by Crippen LogP contribution is -2.04. The Morgan fingerprint density at radius 3 is 2.95 bits per heavy atom. The molecule has 0 radical (unpaired) electrons. The van der Waals surface area contributed by atoms with E-state index in [0.717, 1.165) is 11.3 Å². The van der Waals surface area contributed by atoms with Crippen LogP contribution >= 0.6 is 11.6 Å². The molecule has 0 unspecified atom stereocenters. The number of hydrogen-bond acceptors (Lipinski definition) is 5. The quantitative estimate of drug-likeness (QED) is 0.676. The smallest absolute Gasteiger partial charge is 0.312 e. The van der Waals surface area contributed by atoms with Crippen LogP contribution in [0.15, 0.2) is 36.5 Å². The van der Waals surface area contributed by atoms with Crippen LogP contribution < -0.4 is 10.1 Å². The number of anilines is 1. The van der Waals surface area contributed by atoms with Crippen LogP contribution in [0.5, 0.6) is 5.75 Å². The summed E-state index contributed by atoms with van der Waals surface area (Å²) in [5.41, 5.74) is 0.774. The van der Waals surface area contributed by atoms with Gasteiger partial charge in [-0.15, -0.1) is 0 Å². The lowest BCUT2D eigenvalue weighted by molar-refractivity contribution is -0.384. The Kier molecular flexibility index (Phi) is 4.37. The van der Waals surface area contributed by atoms with E-state index in [9.17, 15) is 10.1 Å². The van der Waals surface area contributed by atoms with Crippen LogP contribution in [-0.4, -0.2) is 17.0 Å². The molecule has 0 spiro atoms. The largest absolute Gasteiger partial charge is 0.497 e. The first-order valence-corrected chi connectivity index (χ1v) is 6.14. The highest BCUT2D eigenvalue weighted by atomic mass is 35.5. The SMILES string of the molecule is COc1cccc(CNc2ncc(Cl)cc2[N+](=O)[O-])c1. The highest BCUT2D eigenvalue weighted by molar-refractivity contribution is 6.30. The van der Waals surface area contributed by atoms with Crippen LogP contribution in [0, 0.1) is 10.1 Å². The average molecular weight is 294 g/mol. The number of pyridine rings is 1. The number of benzene rings is 1. The molecular weight excluding hydrogens is 282 g/mol. The molecule has 1 aromatic heterocycles. The Balaban J connectivity index is 2.16. The normalized spacial score (nSPS) is 10.1. The standard InChI is InChI=1S/C13H12ClN3O3/c1-20-11-4-2-3-9(5-11)7-15-13-12(17(18)19)6-10(14)8-16-13/h2-6,8H,7H2,1H3,(H,15,16). The molecule has 0 saturated carbocycles. The highest BCUT2D eigenvalue weighted by Gasteiger charge is 2.15. The number of rotatable bonds is 5. The van der Waals surface area contributed by atoms with E-state index in [2.05, 4.69) is 10.3 Å². The summed E-state index contributed by atoms with van der Waals surface area (Å²) >= 11 is 5.71. The van der Waals surface area contributed by atoms with Gasteiger partial charge in [0.25, 0.3) is 0 Å². The first-order chi connectivity index (χ1) is 9.60. The van der Waals surface area contributed by atoms with Crippen molar-refractivity contribution in [3.8, 4) is 5.75 Å². The maximum absolute atomic E-state index is 10.9. The molecule has 0 atom stereocenters. The first kappa shape index (κ1) is 14.1. The molecule has 2 aromatic rings. The fourth-order valence-corrected chi connectivity index (χ4v) is 1.82. The van der Waals surface area contributed by atoms with E-state index >= 15 is 0 Å². The van der Waals surface area contributed by atoms with Gasteiger partial charge in [-0.25, -0.2) is 4.98 Å². The monoisotopic (exact) mass is 293 g/mol. The van der Waals surface area contributed by atoms with E-state index in [1.807, 2.05) is 24.3 Å². The van der Waals surface area contributed by atoms with Gasteiger partial charge in [-0.1, -0.05) is 23.7 Å².